The number of hydrazone groups is 1. The molecular weight excluding hydrogens is 346 g/mol. The Kier molecular flexibility index (Phi) is 4.29. The van der Waals surface area contributed by atoms with Crippen LogP contribution in [-0.2, 0) is 11.3 Å². The first-order valence-corrected chi connectivity index (χ1v) is 8.34. The quantitative estimate of drug-likeness (QED) is 0.435. The van der Waals surface area contributed by atoms with Crippen molar-refractivity contribution in [3.05, 3.63) is 54.3 Å². The van der Waals surface area contributed by atoms with E-state index in [1.807, 2.05) is 48.5 Å². The number of para-hydroxylation sites is 2. The van der Waals surface area contributed by atoms with Crippen molar-refractivity contribution in [1.29, 1.82) is 0 Å². The van der Waals surface area contributed by atoms with E-state index in [1.165, 1.54) is 4.68 Å². The lowest BCUT2D eigenvalue weighted by atomic mass is 10.2. The van der Waals surface area contributed by atoms with Gasteiger partial charge in [0, 0.05) is 5.39 Å². The van der Waals surface area contributed by atoms with Crippen molar-refractivity contribution < 1.29 is 13.9 Å². The minimum absolute atomic E-state index is 0.0191. The molecule has 0 saturated heterocycles. The number of carbonyl (C=O) groups is 1. The third-order valence-electron chi connectivity index (χ3n) is 4.15. The number of rotatable bonds is 5. The molecule has 4 aromatic rings. The fourth-order valence-electron chi connectivity index (χ4n) is 2.78. The molecule has 0 spiro atoms. The molecule has 1 N–H and O–H groups in total. The summed E-state index contributed by atoms with van der Waals surface area (Å²) >= 11 is 0. The minimum atomic E-state index is -0.307. The highest BCUT2D eigenvalue weighted by Gasteiger charge is 2.12. The van der Waals surface area contributed by atoms with Gasteiger partial charge in [0.25, 0.3) is 5.91 Å². The van der Waals surface area contributed by atoms with E-state index >= 15 is 0 Å². The smallest absolute Gasteiger partial charge is 0.261 e. The number of methoxy groups -OCH3 is 1. The minimum Gasteiger partial charge on any atom is -0.493 e. The van der Waals surface area contributed by atoms with Crippen LogP contribution in [0.25, 0.3) is 22.0 Å². The van der Waals surface area contributed by atoms with Gasteiger partial charge in [0.05, 0.1) is 12.6 Å². The van der Waals surface area contributed by atoms with Crippen molar-refractivity contribution in [3.63, 3.8) is 0 Å². The van der Waals surface area contributed by atoms with Crippen molar-refractivity contribution in [2.45, 2.75) is 13.5 Å². The zero-order chi connectivity index (χ0) is 18.8. The highest BCUT2D eigenvalue weighted by molar-refractivity contribution is 6.01. The molecule has 8 nitrogen and oxygen atoms in total. The molecule has 27 heavy (non-hydrogen) atoms. The van der Waals surface area contributed by atoms with Gasteiger partial charge < -0.3 is 9.15 Å². The van der Waals surface area contributed by atoms with Crippen molar-refractivity contribution in [1.82, 2.24) is 20.4 Å². The summed E-state index contributed by atoms with van der Waals surface area (Å²) in [6.45, 7) is 1.78. The fourth-order valence-corrected chi connectivity index (χ4v) is 2.78. The zero-order valence-corrected chi connectivity index (χ0v) is 14.8. The van der Waals surface area contributed by atoms with Gasteiger partial charge in [-0.1, -0.05) is 29.5 Å². The summed E-state index contributed by atoms with van der Waals surface area (Å²) in [5, 5.41) is 13.0. The number of furan rings is 1. The molecule has 0 bridgehead atoms. The Morgan fingerprint density at radius 2 is 2.11 bits per heavy atom. The van der Waals surface area contributed by atoms with Crippen LogP contribution in [0.3, 0.4) is 0 Å². The van der Waals surface area contributed by atoms with Crippen LogP contribution < -0.4 is 10.2 Å². The largest absolute Gasteiger partial charge is 0.493 e. The lowest BCUT2D eigenvalue weighted by molar-refractivity contribution is -0.121. The second kappa shape index (κ2) is 6.91. The second-order valence-electron chi connectivity index (χ2n) is 5.96. The van der Waals surface area contributed by atoms with Gasteiger partial charge in [-0.15, -0.1) is 5.10 Å². The number of fused-ring (bicyclic) bond motifs is 2. The number of nitrogens with zero attached hydrogens (tertiary/aromatic N) is 4. The highest BCUT2D eigenvalue weighted by Crippen LogP contribution is 2.28. The van der Waals surface area contributed by atoms with E-state index in [1.54, 1.807) is 14.0 Å². The molecule has 0 unspecified atom stereocenters. The van der Waals surface area contributed by atoms with E-state index in [0.717, 1.165) is 16.4 Å². The maximum atomic E-state index is 12.2. The summed E-state index contributed by atoms with van der Waals surface area (Å²) in [6.07, 6.45) is 0. The Labute approximate surface area is 154 Å². The number of nitrogens with one attached hydrogen (secondary N) is 1. The predicted octanol–water partition coefficient (Wildman–Crippen LogP) is 2.73. The molecular formula is C19H17N5O3. The Hall–Kier alpha value is -3.68. The van der Waals surface area contributed by atoms with Crippen LogP contribution in [0.4, 0.5) is 0 Å². The summed E-state index contributed by atoms with van der Waals surface area (Å²) < 4.78 is 12.6. The monoisotopic (exact) mass is 363 g/mol. The van der Waals surface area contributed by atoms with Crippen LogP contribution in [0, 0.1) is 0 Å². The van der Waals surface area contributed by atoms with Gasteiger partial charge in [0.15, 0.2) is 17.1 Å². The molecule has 2 aromatic carbocycles. The van der Waals surface area contributed by atoms with Crippen molar-refractivity contribution in [3.8, 4) is 5.75 Å². The van der Waals surface area contributed by atoms with Crippen molar-refractivity contribution in [2.24, 2.45) is 5.10 Å². The third-order valence-corrected chi connectivity index (χ3v) is 4.15. The summed E-state index contributed by atoms with van der Waals surface area (Å²) in [5.41, 5.74) is 5.24. The highest BCUT2D eigenvalue weighted by atomic mass is 16.5. The Bertz CT molecular complexity index is 1160. The number of amides is 1. The number of hydrogen-bond acceptors (Lipinski definition) is 6. The average Bonchev–Trinajstić information content (AvgIpc) is 3.30. The van der Waals surface area contributed by atoms with Gasteiger partial charge in [-0.05, 0) is 31.2 Å². The van der Waals surface area contributed by atoms with Gasteiger partial charge in [-0.25, -0.2) is 10.1 Å². The maximum Gasteiger partial charge on any atom is 0.261 e. The standard InChI is InChI=1S/C19H17N5O3/c1-12(17-10-13-6-5-9-16(26-2)19(13)27-17)20-22-18(25)11-24-15-8-4-3-7-14(15)21-23-24/h3-10H,11H2,1-2H3,(H,22,25)/b20-12-. The number of ether oxygens (including phenoxy) is 1. The molecule has 0 radical (unpaired) electrons. The van der Waals surface area contributed by atoms with E-state index in [0.29, 0.717) is 22.8 Å². The van der Waals surface area contributed by atoms with E-state index in [-0.39, 0.29) is 12.5 Å². The molecule has 2 aromatic heterocycles. The molecule has 8 heteroatoms. The van der Waals surface area contributed by atoms with Gasteiger partial charge in [0.2, 0.25) is 0 Å². The Morgan fingerprint density at radius 3 is 2.96 bits per heavy atom. The first kappa shape index (κ1) is 16.8. The zero-order valence-electron chi connectivity index (χ0n) is 14.8. The van der Waals surface area contributed by atoms with Crippen LogP contribution in [0.1, 0.15) is 12.7 Å². The lowest BCUT2D eigenvalue weighted by Crippen LogP contribution is -2.24. The van der Waals surface area contributed by atoms with Crippen molar-refractivity contribution in [2.75, 3.05) is 7.11 Å². The lowest BCUT2D eigenvalue weighted by Gasteiger charge is -2.02. The molecule has 0 aliphatic carbocycles. The summed E-state index contributed by atoms with van der Waals surface area (Å²) in [4.78, 5) is 12.2. The molecule has 0 atom stereocenters. The first-order valence-electron chi connectivity index (χ1n) is 8.34. The molecule has 0 fully saturated rings. The van der Waals surface area contributed by atoms with Crippen LogP contribution >= 0.6 is 0 Å². The normalized spacial score (nSPS) is 11.9. The topological polar surface area (TPSA) is 94.5 Å². The van der Waals surface area contributed by atoms with E-state index in [4.69, 9.17) is 9.15 Å². The maximum absolute atomic E-state index is 12.2. The van der Waals surface area contributed by atoms with Gasteiger partial charge in [0.1, 0.15) is 17.8 Å². The second-order valence-corrected chi connectivity index (χ2v) is 5.96. The van der Waals surface area contributed by atoms with Crippen LogP contribution in [0.15, 0.2) is 58.0 Å². The molecule has 0 aliphatic rings. The molecule has 0 aliphatic heterocycles. The van der Waals surface area contributed by atoms with Crippen LogP contribution in [0.2, 0.25) is 0 Å². The summed E-state index contributed by atoms with van der Waals surface area (Å²) in [7, 11) is 1.59. The summed E-state index contributed by atoms with van der Waals surface area (Å²) in [6, 6.07) is 14.9. The number of aromatic nitrogens is 3. The number of carbonyl (C=O) groups excluding carboxylic acids is 1. The Morgan fingerprint density at radius 1 is 1.26 bits per heavy atom. The van der Waals surface area contributed by atoms with Gasteiger partial charge in [-0.3, -0.25) is 4.79 Å². The van der Waals surface area contributed by atoms with E-state index in [9.17, 15) is 4.79 Å². The Balaban J connectivity index is 1.49. The van der Waals surface area contributed by atoms with Crippen molar-refractivity contribution >= 4 is 33.6 Å². The van der Waals surface area contributed by atoms with Crippen LogP contribution in [-0.4, -0.2) is 33.7 Å². The molecule has 2 heterocycles. The number of benzene rings is 2. The van der Waals surface area contributed by atoms with E-state index < -0.39 is 0 Å². The average molecular weight is 363 g/mol. The first-order chi connectivity index (χ1) is 13.2. The summed E-state index contributed by atoms with van der Waals surface area (Å²) in [5.74, 6) is 0.897. The molecule has 1 amide bonds. The molecule has 0 saturated carbocycles. The van der Waals surface area contributed by atoms with E-state index in [2.05, 4.69) is 20.8 Å². The predicted molar refractivity (Wildman–Crippen MR) is 101 cm³/mol. The molecule has 4 rings (SSSR count). The third kappa shape index (κ3) is 3.24. The van der Waals surface area contributed by atoms with Gasteiger partial charge >= 0.3 is 0 Å². The fraction of sp³-hybridized carbons (Fsp3) is 0.158. The van der Waals surface area contributed by atoms with Gasteiger partial charge in [-0.2, -0.15) is 5.10 Å². The molecule has 136 valence electrons. The van der Waals surface area contributed by atoms with Crippen LogP contribution in [0.5, 0.6) is 5.75 Å². The number of hydrogen-bond donors (Lipinski definition) is 1. The SMILES string of the molecule is COc1cccc2cc(/C(C)=N\NC(=O)Cn3nnc4ccccc43)oc12.